The predicted octanol–water partition coefficient (Wildman–Crippen LogP) is 4.06. The molecule has 5 nitrogen and oxygen atoms in total. The van der Waals surface area contributed by atoms with E-state index in [1.165, 1.54) is 0 Å². The Kier molecular flexibility index (Phi) is 3.58. The zero-order valence-electron chi connectivity index (χ0n) is 13.2. The monoisotopic (exact) mass is 339 g/mol. The number of rotatable bonds is 2. The highest BCUT2D eigenvalue weighted by Crippen LogP contribution is 2.38. The molecule has 0 bridgehead atoms. The van der Waals surface area contributed by atoms with E-state index < -0.39 is 0 Å². The highest BCUT2D eigenvalue weighted by molar-refractivity contribution is 6.30. The van der Waals surface area contributed by atoms with E-state index in [0.29, 0.717) is 17.4 Å². The number of ether oxygens (including phenoxy) is 1. The number of nitrogens with zero attached hydrogens (tertiary/aromatic N) is 3. The van der Waals surface area contributed by atoms with Crippen LogP contribution in [0.5, 0.6) is 5.88 Å². The van der Waals surface area contributed by atoms with E-state index in [4.69, 9.17) is 25.9 Å². The number of aromatic nitrogens is 2. The summed E-state index contributed by atoms with van der Waals surface area (Å²) in [5.74, 6) is 1.26. The van der Waals surface area contributed by atoms with Crippen LogP contribution in [0.2, 0.25) is 5.02 Å². The number of benzene rings is 1. The van der Waals surface area contributed by atoms with Crippen molar-refractivity contribution in [3.8, 4) is 17.0 Å². The van der Waals surface area contributed by atoms with Crippen LogP contribution in [0.4, 0.5) is 0 Å². The Bertz CT molecular complexity index is 945. The molecule has 0 atom stereocenters. The summed E-state index contributed by atoms with van der Waals surface area (Å²) in [6.45, 7) is 2.33. The highest BCUT2D eigenvalue weighted by atomic mass is 35.5. The maximum absolute atomic E-state index is 6.02. The van der Waals surface area contributed by atoms with Gasteiger partial charge in [0.05, 0.1) is 29.6 Å². The minimum atomic E-state index is 0.409. The summed E-state index contributed by atoms with van der Waals surface area (Å²) in [6.07, 6.45) is 1.72. The van der Waals surface area contributed by atoms with E-state index in [0.717, 1.165) is 39.4 Å². The number of fused-ring (bicyclic) bond motifs is 3. The molecule has 0 fully saturated rings. The van der Waals surface area contributed by atoms with Gasteiger partial charge in [-0.2, -0.15) is 0 Å². The molecule has 0 radical (unpaired) electrons. The van der Waals surface area contributed by atoms with Crippen LogP contribution in [0.25, 0.3) is 11.1 Å². The van der Waals surface area contributed by atoms with Gasteiger partial charge in [0.25, 0.3) is 0 Å². The van der Waals surface area contributed by atoms with E-state index in [1.54, 1.807) is 13.3 Å². The van der Waals surface area contributed by atoms with Gasteiger partial charge in [-0.15, -0.1) is 0 Å². The molecule has 6 heteroatoms. The summed E-state index contributed by atoms with van der Waals surface area (Å²) < 4.78 is 11.0. The van der Waals surface area contributed by atoms with Crippen LogP contribution in [-0.2, 0) is 6.54 Å². The first-order valence-corrected chi connectivity index (χ1v) is 7.86. The molecule has 0 amide bonds. The van der Waals surface area contributed by atoms with Gasteiger partial charge in [0, 0.05) is 22.3 Å². The fraction of sp³-hybridized carbons (Fsp3) is 0.167. The Balaban J connectivity index is 2.01. The Hall–Kier alpha value is -2.66. The second-order valence-electron chi connectivity index (χ2n) is 5.48. The van der Waals surface area contributed by atoms with Gasteiger partial charge in [-0.3, -0.25) is 4.99 Å². The normalized spacial score (nSPS) is 12.9. The molecule has 0 spiro atoms. The number of methoxy groups -OCH3 is 1. The maximum Gasteiger partial charge on any atom is 0.223 e. The van der Waals surface area contributed by atoms with Crippen LogP contribution in [0.15, 0.2) is 46.0 Å². The third kappa shape index (κ3) is 2.29. The molecule has 1 aliphatic heterocycles. The van der Waals surface area contributed by atoms with E-state index in [1.807, 2.05) is 37.3 Å². The minimum absolute atomic E-state index is 0.409. The molecular weight excluding hydrogens is 326 g/mol. The first-order chi connectivity index (χ1) is 11.7. The van der Waals surface area contributed by atoms with E-state index >= 15 is 0 Å². The molecule has 4 rings (SSSR count). The summed E-state index contributed by atoms with van der Waals surface area (Å²) >= 11 is 6.02. The minimum Gasteiger partial charge on any atom is -0.480 e. The summed E-state index contributed by atoms with van der Waals surface area (Å²) in [7, 11) is 1.61. The van der Waals surface area contributed by atoms with Crippen molar-refractivity contribution >= 4 is 17.3 Å². The molecule has 0 N–H and O–H groups in total. The van der Waals surface area contributed by atoms with Crippen LogP contribution < -0.4 is 4.74 Å². The van der Waals surface area contributed by atoms with Gasteiger partial charge in [0.2, 0.25) is 5.88 Å². The van der Waals surface area contributed by atoms with E-state index in [9.17, 15) is 0 Å². The van der Waals surface area contributed by atoms with Crippen molar-refractivity contribution in [2.75, 3.05) is 7.11 Å². The number of hydrogen-bond donors (Lipinski definition) is 0. The van der Waals surface area contributed by atoms with Gasteiger partial charge in [0.15, 0.2) is 5.76 Å². The van der Waals surface area contributed by atoms with Crippen LogP contribution in [0.3, 0.4) is 0 Å². The number of hydrogen-bond acceptors (Lipinski definition) is 5. The smallest absolute Gasteiger partial charge is 0.223 e. The average Bonchev–Trinajstić information content (AvgIpc) is 2.87. The van der Waals surface area contributed by atoms with E-state index in [-0.39, 0.29) is 0 Å². The lowest BCUT2D eigenvalue weighted by Gasteiger charge is -2.13. The molecule has 1 aliphatic rings. The van der Waals surface area contributed by atoms with Crippen molar-refractivity contribution in [1.82, 2.24) is 10.1 Å². The Morgan fingerprint density at radius 3 is 2.67 bits per heavy atom. The standard InChI is InChI=1S/C18H14ClN3O2/c1-10-15-13-7-8-20-18(23-2)16(13)17(21-9-14(15)24-22-10)11-3-5-12(19)6-4-11/h3-8H,9H2,1-2H3. The van der Waals surface area contributed by atoms with Crippen molar-refractivity contribution in [3.63, 3.8) is 0 Å². The first kappa shape index (κ1) is 14.9. The molecule has 1 aromatic carbocycles. The summed E-state index contributed by atoms with van der Waals surface area (Å²) in [6, 6.07) is 9.51. The highest BCUT2D eigenvalue weighted by Gasteiger charge is 2.27. The van der Waals surface area contributed by atoms with Gasteiger partial charge in [-0.1, -0.05) is 28.9 Å². The molecule has 120 valence electrons. The second kappa shape index (κ2) is 5.76. The molecule has 0 unspecified atom stereocenters. The molecular formula is C18H14ClN3O2. The number of pyridine rings is 1. The van der Waals surface area contributed by atoms with Crippen molar-refractivity contribution < 1.29 is 9.26 Å². The lowest BCUT2D eigenvalue weighted by Crippen LogP contribution is -2.08. The van der Waals surface area contributed by atoms with Crippen LogP contribution in [0.1, 0.15) is 22.6 Å². The zero-order chi connectivity index (χ0) is 16.7. The fourth-order valence-electron chi connectivity index (χ4n) is 2.98. The Morgan fingerprint density at radius 2 is 1.92 bits per heavy atom. The zero-order valence-corrected chi connectivity index (χ0v) is 14.0. The summed E-state index contributed by atoms with van der Waals surface area (Å²) in [5, 5.41) is 4.76. The molecule has 2 aromatic heterocycles. The fourth-order valence-corrected chi connectivity index (χ4v) is 3.10. The number of aliphatic imine (C=N–C) groups is 1. The Morgan fingerprint density at radius 1 is 1.12 bits per heavy atom. The second-order valence-corrected chi connectivity index (χ2v) is 5.92. The van der Waals surface area contributed by atoms with Crippen molar-refractivity contribution in [3.05, 3.63) is 64.1 Å². The van der Waals surface area contributed by atoms with Gasteiger partial charge in [-0.25, -0.2) is 4.98 Å². The largest absolute Gasteiger partial charge is 0.480 e. The number of aryl methyl sites for hydroxylation is 1. The lowest BCUT2D eigenvalue weighted by atomic mass is 9.94. The average molecular weight is 340 g/mol. The number of halogens is 1. The van der Waals surface area contributed by atoms with Crippen LogP contribution in [-0.4, -0.2) is 23.0 Å². The van der Waals surface area contributed by atoms with Crippen molar-refractivity contribution in [1.29, 1.82) is 0 Å². The van der Waals surface area contributed by atoms with Crippen LogP contribution >= 0.6 is 11.6 Å². The van der Waals surface area contributed by atoms with Crippen LogP contribution in [0, 0.1) is 6.92 Å². The van der Waals surface area contributed by atoms with E-state index in [2.05, 4.69) is 10.1 Å². The maximum atomic E-state index is 6.02. The van der Waals surface area contributed by atoms with Gasteiger partial charge in [0.1, 0.15) is 6.54 Å². The first-order valence-electron chi connectivity index (χ1n) is 7.48. The lowest BCUT2D eigenvalue weighted by molar-refractivity contribution is 0.382. The van der Waals surface area contributed by atoms with Gasteiger partial charge < -0.3 is 9.26 Å². The molecule has 0 saturated heterocycles. The SMILES string of the molecule is COc1nccc2c1C(c1ccc(Cl)cc1)=NCc1onc(C)c1-2. The van der Waals surface area contributed by atoms with Crippen molar-refractivity contribution in [2.24, 2.45) is 4.99 Å². The molecule has 3 aromatic rings. The molecule has 3 heterocycles. The third-order valence-corrected chi connectivity index (χ3v) is 4.30. The van der Waals surface area contributed by atoms with Gasteiger partial charge >= 0.3 is 0 Å². The van der Waals surface area contributed by atoms with Crippen molar-refractivity contribution in [2.45, 2.75) is 13.5 Å². The quantitative estimate of drug-likeness (QED) is 0.706. The predicted molar refractivity (Wildman–Crippen MR) is 91.8 cm³/mol. The molecule has 0 saturated carbocycles. The third-order valence-electron chi connectivity index (χ3n) is 4.05. The molecule has 24 heavy (non-hydrogen) atoms. The summed E-state index contributed by atoms with van der Waals surface area (Å²) in [5.41, 5.74) is 5.33. The molecule has 0 aliphatic carbocycles. The van der Waals surface area contributed by atoms with Gasteiger partial charge in [-0.05, 0) is 25.1 Å². The topological polar surface area (TPSA) is 60.5 Å². The summed E-state index contributed by atoms with van der Waals surface area (Å²) in [4.78, 5) is 9.10. The Labute approximate surface area is 143 Å².